The molecule has 1 amide bonds. The van der Waals surface area contributed by atoms with Gasteiger partial charge in [-0.3, -0.25) is 9.59 Å². The molecule has 0 radical (unpaired) electrons. The van der Waals surface area contributed by atoms with Crippen LogP contribution in [-0.2, 0) is 14.4 Å². The summed E-state index contributed by atoms with van der Waals surface area (Å²) in [5.41, 5.74) is 0. The minimum absolute atomic E-state index is 0.125. The number of rotatable bonds is 7. The lowest BCUT2D eigenvalue weighted by atomic mass is 9.95. The van der Waals surface area contributed by atoms with E-state index in [1.807, 2.05) is 6.07 Å². The van der Waals surface area contributed by atoms with E-state index in [1.54, 1.807) is 24.3 Å². The fourth-order valence-electron chi connectivity index (χ4n) is 1.97. The molecule has 7 nitrogen and oxygen atoms in total. The van der Waals surface area contributed by atoms with Crippen LogP contribution in [0.5, 0.6) is 5.75 Å². The number of carbonyl (C=O) groups excluding carboxylic acids is 2. The molecule has 0 aromatic heterocycles. The van der Waals surface area contributed by atoms with Crippen LogP contribution in [0, 0.1) is 0 Å². The van der Waals surface area contributed by atoms with E-state index < -0.39 is 11.8 Å². The first-order valence-corrected chi connectivity index (χ1v) is 6.53. The van der Waals surface area contributed by atoms with Crippen molar-refractivity contribution >= 4 is 17.7 Å². The van der Waals surface area contributed by atoms with Crippen molar-refractivity contribution in [3.63, 3.8) is 0 Å². The van der Waals surface area contributed by atoms with E-state index in [0.29, 0.717) is 12.3 Å². The molecule has 1 heterocycles. The van der Waals surface area contributed by atoms with Crippen molar-refractivity contribution in [2.45, 2.75) is 18.5 Å². The Bertz CT molecular complexity index is 531. The number of Topliss-reactive ketones (excluding diaryl/α,β-unsaturated/α-hetero) is 1. The minimum atomic E-state index is -1.46. The number of hydrogen-bond donors (Lipinski definition) is 3. The molecule has 0 aliphatic carbocycles. The second-order valence-corrected chi connectivity index (χ2v) is 4.72. The number of hydrogen-bond acceptors (Lipinski definition) is 5. The van der Waals surface area contributed by atoms with Gasteiger partial charge in [0.25, 0.3) is 5.91 Å². The Labute approximate surface area is 121 Å². The topological polar surface area (TPSA) is 105 Å². The quantitative estimate of drug-likeness (QED) is 0.589. The maximum Gasteiger partial charge on any atom is 0.372 e. The highest BCUT2D eigenvalue weighted by atomic mass is 16.5. The van der Waals surface area contributed by atoms with Gasteiger partial charge in [0.1, 0.15) is 5.75 Å². The van der Waals surface area contributed by atoms with Crippen molar-refractivity contribution in [1.82, 2.24) is 10.6 Å². The van der Waals surface area contributed by atoms with Crippen LogP contribution in [0.1, 0.15) is 6.42 Å². The van der Waals surface area contributed by atoms with Crippen molar-refractivity contribution in [3.05, 3.63) is 30.3 Å². The molecule has 7 heteroatoms. The summed E-state index contributed by atoms with van der Waals surface area (Å²) in [5, 5.41) is 14.2. The monoisotopic (exact) mass is 292 g/mol. The first kappa shape index (κ1) is 15.0. The molecule has 1 aliphatic rings. The van der Waals surface area contributed by atoms with Gasteiger partial charge in [-0.2, -0.15) is 0 Å². The summed E-state index contributed by atoms with van der Waals surface area (Å²) in [6.45, 7) is 0.384. The average Bonchev–Trinajstić information content (AvgIpc) is 2.47. The van der Waals surface area contributed by atoms with Gasteiger partial charge < -0.3 is 20.5 Å². The third-order valence-corrected chi connectivity index (χ3v) is 3.19. The molecule has 0 spiro atoms. The van der Waals surface area contributed by atoms with Gasteiger partial charge in [0, 0.05) is 19.0 Å². The minimum Gasteiger partial charge on any atom is -0.484 e. The lowest BCUT2D eigenvalue weighted by Gasteiger charge is -2.37. The number of para-hydroxylation sites is 1. The van der Waals surface area contributed by atoms with Gasteiger partial charge in [0.2, 0.25) is 5.78 Å². The highest BCUT2D eigenvalue weighted by Crippen LogP contribution is 2.10. The number of carbonyl (C=O) groups is 3. The van der Waals surface area contributed by atoms with Crippen LogP contribution >= 0.6 is 0 Å². The SMILES string of the molecule is O=C(COc1ccccc1)NC1CNC1CC(=O)C(=O)O. The molecule has 0 bridgehead atoms. The smallest absolute Gasteiger partial charge is 0.372 e. The van der Waals surface area contributed by atoms with E-state index in [4.69, 9.17) is 9.84 Å². The van der Waals surface area contributed by atoms with Gasteiger partial charge in [0.05, 0.1) is 6.04 Å². The molecule has 3 N–H and O–H groups in total. The molecule has 2 unspecified atom stereocenters. The molecule has 2 rings (SSSR count). The molecule has 21 heavy (non-hydrogen) atoms. The second-order valence-electron chi connectivity index (χ2n) is 4.72. The largest absolute Gasteiger partial charge is 0.484 e. The molecule has 0 saturated carbocycles. The highest BCUT2D eigenvalue weighted by Gasteiger charge is 2.34. The van der Waals surface area contributed by atoms with E-state index >= 15 is 0 Å². The zero-order chi connectivity index (χ0) is 15.2. The molecular weight excluding hydrogens is 276 g/mol. The van der Waals surface area contributed by atoms with Crippen LogP contribution in [0.4, 0.5) is 0 Å². The predicted octanol–water partition coefficient (Wildman–Crippen LogP) is -0.434. The van der Waals surface area contributed by atoms with Crippen LogP contribution in [-0.4, -0.2) is 48.0 Å². The van der Waals surface area contributed by atoms with Gasteiger partial charge in [-0.15, -0.1) is 0 Å². The number of carboxylic acids is 1. The second kappa shape index (κ2) is 6.85. The Morgan fingerprint density at radius 1 is 1.29 bits per heavy atom. The lowest BCUT2D eigenvalue weighted by molar-refractivity contribution is -0.149. The number of carboxylic acid groups (broad SMARTS) is 1. The van der Waals surface area contributed by atoms with Crippen molar-refractivity contribution in [2.24, 2.45) is 0 Å². The highest BCUT2D eigenvalue weighted by molar-refractivity contribution is 6.32. The molecule has 1 aliphatic heterocycles. The Morgan fingerprint density at radius 3 is 2.57 bits per heavy atom. The maximum absolute atomic E-state index is 11.7. The van der Waals surface area contributed by atoms with E-state index in [1.165, 1.54) is 0 Å². The van der Waals surface area contributed by atoms with Gasteiger partial charge in [-0.1, -0.05) is 18.2 Å². The summed E-state index contributed by atoms with van der Waals surface area (Å²) >= 11 is 0. The van der Waals surface area contributed by atoms with Crippen molar-refractivity contribution in [1.29, 1.82) is 0 Å². The summed E-state index contributed by atoms with van der Waals surface area (Å²) < 4.78 is 5.30. The van der Waals surface area contributed by atoms with Crippen molar-refractivity contribution in [3.8, 4) is 5.75 Å². The number of benzene rings is 1. The summed E-state index contributed by atoms with van der Waals surface area (Å²) in [5.74, 6) is -2.04. The fraction of sp³-hybridized carbons (Fsp3) is 0.357. The number of ether oxygens (including phenoxy) is 1. The number of ketones is 1. The number of amides is 1. The van der Waals surface area contributed by atoms with Gasteiger partial charge in [0.15, 0.2) is 6.61 Å². The zero-order valence-corrected chi connectivity index (χ0v) is 11.2. The van der Waals surface area contributed by atoms with E-state index in [-0.39, 0.29) is 31.0 Å². The van der Waals surface area contributed by atoms with Crippen LogP contribution < -0.4 is 15.4 Å². The van der Waals surface area contributed by atoms with Crippen molar-refractivity contribution < 1.29 is 24.2 Å². The third kappa shape index (κ3) is 4.28. The number of aliphatic carboxylic acids is 1. The molecule has 112 valence electrons. The van der Waals surface area contributed by atoms with Crippen LogP contribution in [0.2, 0.25) is 0 Å². The van der Waals surface area contributed by atoms with Gasteiger partial charge >= 0.3 is 5.97 Å². The fourth-order valence-corrected chi connectivity index (χ4v) is 1.97. The molecule has 2 atom stereocenters. The summed E-state index contributed by atoms with van der Waals surface area (Å²) in [6, 6.07) is 8.35. The number of nitrogens with one attached hydrogen (secondary N) is 2. The molecule has 1 saturated heterocycles. The third-order valence-electron chi connectivity index (χ3n) is 3.19. The van der Waals surface area contributed by atoms with E-state index in [9.17, 15) is 14.4 Å². The predicted molar refractivity (Wildman–Crippen MR) is 72.9 cm³/mol. The van der Waals surface area contributed by atoms with E-state index in [2.05, 4.69) is 10.6 Å². The van der Waals surface area contributed by atoms with E-state index in [0.717, 1.165) is 0 Å². The van der Waals surface area contributed by atoms with Crippen LogP contribution in [0.25, 0.3) is 0 Å². The Balaban J connectivity index is 1.73. The maximum atomic E-state index is 11.7. The van der Waals surface area contributed by atoms with Crippen molar-refractivity contribution in [2.75, 3.05) is 13.2 Å². The standard InChI is InChI=1S/C14H16N2O5/c17-12(14(19)20)6-10-11(7-15-10)16-13(18)8-21-9-4-2-1-3-5-9/h1-5,10-11,15H,6-8H2,(H,16,18)(H,19,20). The van der Waals surface area contributed by atoms with Crippen LogP contribution in [0.15, 0.2) is 30.3 Å². The summed E-state index contributed by atoms with van der Waals surface area (Å²) in [7, 11) is 0. The first-order valence-electron chi connectivity index (χ1n) is 6.53. The molecular formula is C14H16N2O5. The average molecular weight is 292 g/mol. The van der Waals surface area contributed by atoms with Crippen LogP contribution in [0.3, 0.4) is 0 Å². The van der Waals surface area contributed by atoms with Gasteiger partial charge in [-0.05, 0) is 12.1 Å². The Kier molecular flexibility index (Phi) is 4.89. The zero-order valence-electron chi connectivity index (χ0n) is 11.2. The Morgan fingerprint density at radius 2 is 2.00 bits per heavy atom. The summed E-state index contributed by atoms with van der Waals surface area (Å²) in [4.78, 5) is 33.3. The molecule has 1 aromatic carbocycles. The molecule has 1 aromatic rings. The Hall–Kier alpha value is -2.41. The summed E-state index contributed by atoms with van der Waals surface area (Å²) in [6.07, 6.45) is -0.139. The molecule has 1 fully saturated rings. The van der Waals surface area contributed by atoms with Gasteiger partial charge in [-0.25, -0.2) is 4.79 Å². The lowest BCUT2D eigenvalue weighted by Crippen LogP contribution is -2.66. The normalized spacial score (nSPS) is 20.2. The first-order chi connectivity index (χ1) is 10.1.